The minimum Gasteiger partial charge on any atom is -0.377 e. The van der Waals surface area contributed by atoms with E-state index in [1.807, 2.05) is 49.3 Å². The second kappa shape index (κ2) is 11.8. The fourth-order valence-corrected chi connectivity index (χ4v) is 1.75. The van der Waals surface area contributed by atoms with E-state index < -0.39 is 20.5 Å². The molecule has 0 saturated heterocycles. The van der Waals surface area contributed by atoms with Crippen molar-refractivity contribution in [3.63, 3.8) is 0 Å². The number of nitrogens with zero attached hydrogens (tertiary/aromatic N) is 3. The summed E-state index contributed by atoms with van der Waals surface area (Å²) >= 11 is 0. The van der Waals surface area contributed by atoms with Crippen LogP contribution >= 0.6 is 0 Å². The van der Waals surface area contributed by atoms with Gasteiger partial charge in [0.1, 0.15) is 0 Å². The van der Waals surface area contributed by atoms with Crippen molar-refractivity contribution in [1.82, 2.24) is 0 Å². The number of aromatic nitrogens is 2. The summed E-state index contributed by atoms with van der Waals surface area (Å²) in [5.74, 6) is 0. The molecule has 0 atom stereocenters. The number of allylic oxidation sites excluding steroid dienone is 1. The molecule has 13 heteroatoms. The molecule has 0 aromatic carbocycles. The summed E-state index contributed by atoms with van der Waals surface area (Å²) in [5, 5.41) is 0. The third-order valence-corrected chi connectivity index (χ3v) is 2.84. The molecule has 0 amide bonds. The van der Waals surface area contributed by atoms with Crippen LogP contribution in [-0.4, -0.2) is 14.1 Å². The van der Waals surface area contributed by atoms with Crippen molar-refractivity contribution in [3.8, 4) is 0 Å². The molecule has 0 aliphatic heterocycles. The van der Waals surface area contributed by atoms with Gasteiger partial charge in [0.2, 0.25) is 12.2 Å². The van der Waals surface area contributed by atoms with Crippen LogP contribution in [0.5, 0.6) is 0 Å². The molecule has 11 nitrogen and oxygen atoms in total. The Kier molecular flexibility index (Phi) is 11.0. The first-order chi connectivity index (χ1) is 12.7. The molecule has 0 aliphatic carbocycles. The van der Waals surface area contributed by atoms with Crippen LogP contribution in [0.3, 0.4) is 0 Å². The van der Waals surface area contributed by atoms with Crippen molar-refractivity contribution in [2.45, 2.75) is 6.54 Å². The molecule has 2 rings (SSSR count). The molecule has 156 valence electrons. The molecular formula is C15H19Cl2N3O8. The zero-order valence-electron chi connectivity index (χ0n) is 15.0. The summed E-state index contributed by atoms with van der Waals surface area (Å²) in [7, 11) is -5.81. The molecule has 0 saturated carbocycles. The lowest BCUT2D eigenvalue weighted by Crippen LogP contribution is -2.68. The Morgan fingerprint density at radius 3 is 1.57 bits per heavy atom. The number of hydrogen-bond donors (Lipinski definition) is 0. The maximum absolute atomic E-state index is 8.49. The van der Waals surface area contributed by atoms with Crippen molar-refractivity contribution in [1.29, 1.82) is 0 Å². The van der Waals surface area contributed by atoms with Crippen molar-refractivity contribution in [2.24, 2.45) is 0 Å². The van der Waals surface area contributed by atoms with Gasteiger partial charge >= 0.3 is 0 Å². The van der Waals surface area contributed by atoms with Crippen LogP contribution in [-0.2, 0) is 6.54 Å². The summed E-state index contributed by atoms with van der Waals surface area (Å²) in [6.45, 7) is 4.89. The normalized spacial score (nSPS) is 10.8. The SMILES string of the molecule is C=C(C[n+]1ccc(N(C)C)cc1)[n+]1ccccc1.[O-][Cl+3]([O-])([O-])[O-].[O-][Cl+3]([O-])([O-])[O-]. The van der Waals surface area contributed by atoms with Crippen molar-refractivity contribution in [3.05, 3.63) is 61.7 Å². The lowest BCUT2D eigenvalue weighted by molar-refractivity contribution is -2.00. The first-order valence-electron chi connectivity index (χ1n) is 7.21. The molecule has 0 radical (unpaired) electrons. The Labute approximate surface area is 166 Å². The lowest BCUT2D eigenvalue weighted by atomic mass is 10.3. The average molecular weight is 440 g/mol. The third-order valence-electron chi connectivity index (χ3n) is 2.84. The van der Waals surface area contributed by atoms with Gasteiger partial charge < -0.3 is 4.90 Å². The van der Waals surface area contributed by atoms with Crippen molar-refractivity contribution >= 4 is 11.4 Å². The summed E-state index contributed by atoms with van der Waals surface area (Å²) in [4.78, 5) is 2.09. The highest BCUT2D eigenvalue weighted by Gasteiger charge is 2.12. The molecular weight excluding hydrogens is 421 g/mol. The Morgan fingerprint density at radius 2 is 1.21 bits per heavy atom. The lowest BCUT2D eigenvalue weighted by Gasteiger charge is -2.17. The molecule has 2 heterocycles. The van der Waals surface area contributed by atoms with Gasteiger partial charge in [0.25, 0.3) is 0 Å². The largest absolute Gasteiger partial charge is 0.377 e. The van der Waals surface area contributed by atoms with E-state index in [0.29, 0.717) is 0 Å². The van der Waals surface area contributed by atoms with E-state index in [0.717, 1.165) is 12.2 Å². The van der Waals surface area contributed by atoms with Gasteiger partial charge in [-0.2, -0.15) is 9.13 Å². The predicted molar refractivity (Wildman–Crippen MR) is 72.9 cm³/mol. The van der Waals surface area contributed by atoms with Crippen molar-refractivity contribution in [2.75, 3.05) is 19.0 Å². The molecule has 2 aromatic heterocycles. The number of halogens is 2. The molecule has 0 aliphatic rings. The highest BCUT2D eigenvalue weighted by Crippen LogP contribution is 2.06. The maximum atomic E-state index is 8.49. The Balaban J connectivity index is 0.000000607. The second-order valence-corrected chi connectivity index (χ2v) is 6.74. The number of pyridine rings is 2. The maximum Gasteiger partial charge on any atom is 0.245 e. The Hall–Kier alpha value is -1.90. The zero-order valence-corrected chi connectivity index (χ0v) is 16.5. The van der Waals surface area contributed by atoms with E-state index in [4.69, 9.17) is 37.3 Å². The highest BCUT2D eigenvalue weighted by atomic mass is 35.7. The molecule has 0 N–H and O–H groups in total. The summed E-state index contributed by atoms with van der Waals surface area (Å²) in [6, 6.07) is 10.2. The van der Waals surface area contributed by atoms with Gasteiger partial charge in [-0.1, -0.05) is 6.07 Å². The highest BCUT2D eigenvalue weighted by molar-refractivity contribution is 5.41. The quantitative estimate of drug-likeness (QED) is 0.415. The van der Waals surface area contributed by atoms with Gasteiger partial charge in [0, 0.05) is 44.0 Å². The minimum atomic E-state index is -4.94. The molecule has 0 fully saturated rings. The van der Waals surface area contributed by atoms with Gasteiger partial charge in [-0.3, -0.25) is 0 Å². The van der Waals surface area contributed by atoms with Crippen LogP contribution in [0.4, 0.5) is 5.69 Å². The Morgan fingerprint density at radius 1 is 0.821 bits per heavy atom. The molecule has 28 heavy (non-hydrogen) atoms. The van der Waals surface area contributed by atoms with E-state index >= 15 is 0 Å². The van der Waals surface area contributed by atoms with Gasteiger partial charge in [0.15, 0.2) is 24.8 Å². The molecule has 0 bridgehead atoms. The van der Waals surface area contributed by atoms with Crippen LogP contribution in [0.15, 0.2) is 61.7 Å². The van der Waals surface area contributed by atoms with Crippen LogP contribution in [0.1, 0.15) is 0 Å². The Bertz CT molecular complexity index is 680. The van der Waals surface area contributed by atoms with E-state index in [1.165, 1.54) is 5.69 Å². The van der Waals surface area contributed by atoms with E-state index in [-0.39, 0.29) is 0 Å². The number of rotatable bonds is 4. The zero-order chi connectivity index (χ0) is 22.0. The second-order valence-electron chi connectivity index (χ2n) is 5.23. The van der Waals surface area contributed by atoms with Gasteiger partial charge in [-0.15, -0.1) is 20.5 Å². The third kappa shape index (κ3) is 16.3. The van der Waals surface area contributed by atoms with E-state index in [1.54, 1.807) is 0 Å². The molecule has 2 aromatic rings. The van der Waals surface area contributed by atoms with Gasteiger partial charge in [-0.25, -0.2) is 37.3 Å². The summed E-state index contributed by atoms with van der Waals surface area (Å²) in [5.41, 5.74) is 2.24. The predicted octanol–water partition coefficient (Wildman–Crippen LogP) is -8.01. The topological polar surface area (TPSA) is 195 Å². The summed E-state index contributed by atoms with van der Waals surface area (Å²) in [6.07, 6.45) is 8.17. The van der Waals surface area contributed by atoms with E-state index in [2.05, 4.69) is 40.6 Å². The van der Waals surface area contributed by atoms with Crippen LogP contribution in [0, 0.1) is 20.5 Å². The number of hydrogen-bond acceptors (Lipinski definition) is 9. The number of anilines is 1. The van der Waals surface area contributed by atoms with Crippen molar-refractivity contribution < 1.29 is 66.9 Å². The van der Waals surface area contributed by atoms with Crippen LogP contribution in [0.2, 0.25) is 0 Å². The summed E-state index contributed by atoms with van der Waals surface area (Å²) < 4.78 is 72.1. The average Bonchev–Trinajstić information content (AvgIpc) is 2.53. The van der Waals surface area contributed by atoms with Crippen LogP contribution in [0.25, 0.3) is 5.70 Å². The van der Waals surface area contributed by atoms with E-state index in [9.17, 15) is 0 Å². The fourth-order valence-electron chi connectivity index (χ4n) is 1.75. The minimum absolute atomic E-state index is 0.780. The van der Waals surface area contributed by atoms with Crippen LogP contribution < -0.4 is 51.3 Å². The first-order valence-corrected chi connectivity index (χ1v) is 9.68. The van der Waals surface area contributed by atoms with Gasteiger partial charge in [0.05, 0.1) is 0 Å². The fraction of sp³-hybridized carbons (Fsp3) is 0.200. The molecule has 0 spiro atoms. The molecule has 0 unspecified atom stereocenters. The smallest absolute Gasteiger partial charge is 0.245 e. The monoisotopic (exact) mass is 439 g/mol. The first kappa shape index (κ1) is 26.1. The van der Waals surface area contributed by atoms with Gasteiger partial charge in [-0.05, 0) is 6.58 Å². The standard InChI is InChI=1S/C15H19N3.2ClHO4/c1-14(18-9-5-4-6-10-18)13-17-11-7-15(8-12-17)16(2)3;2*2-1(3,4)5/h4-12H,1,13H2,2-3H3;2*(H,2,3,4,5)/q+2;;/p-2.